The molecule has 152 valence electrons. The predicted molar refractivity (Wildman–Crippen MR) is 111 cm³/mol. The van der Waals surface area contributed by atoms with Gasteiger partial charge in [0.25, 0.3) is 5.91 Å². The SMILES string of the molecule is CC(C)(C)c1ccc(O)c(NC(=O)c2ccc(CS(=O)(=O)c3ccccc3)o2)c1. The number of phenolic OH excluding ortho intramolecular Hbond substituents is 1. The third kappa shape index (κ3) is 4.86. The largest absolute Gasteiger partial charge is 0.506 e. The Morgan fingerprint density at radius 2 is 1.72 bits per heavy atom. The molecule has 3 rings (SSSR count). The molecular weight excluding hydrogens is 390 g/mol. The van der Waals surface area contributed by atoms with Gasteiger partial charge in [-0.2, -0.15) is 0 Å². The van der Waals surface area contributed by atoms with E-state index in [4.69, 9.17) is 4.42 Å². The number of nitrogens with one attached hydrogen (secondary N) is 1. The van der Waals surface area contributed by atoms with Crippen LogP contribution in [-0.2, 0) is 21.0 Å². The Bertz CT molecular complexity index is 1130. The predicted octanol–water partition coefficient (Wildman–Crippen LogP) is 4.51. The first-order chi connectivity index (χ1) is 13.6. The number of aromatic hydroxyl groups is 1. The quantitative estimate of drug-likeness (QED) is 0.600. The number of phenols is 1. The van der Waals surface area contributed by atoms with Crippen LogP contribution in [0.15, 0.2) is 70.0 Å². The minimum Gasteiger partial charge on any atom is -0.506 e. The van der Waals surface area contributed by atoms with Gasteiger partial charge < -0.3 is 14.8 Å². The summed E-state index contributed by atoms with van der Waals surface area (Å²) in [5.74, 6) is -0.871. The molecule has 0 atom stereocenters. The van der Waals surface area contributed by atoms with Crippen LogP contribution in [0.4, 0.5) is 5.69 Å². The molecule has 6 nitrogen and oxygen atoms in total. The van der Waals surface area contributed by atoms with Gasteiger partial charge >= 0.3 is 0 Å². The van der Waals surface area contributed by atoms with Gasteiger partial charge in [0.2, 0.25) is 0 Å². The van der Waals surface area contributed by atoms with Gasteiger partial charge in [0.05, 0.1) is 10.6 Å². The van der Waals surface area contributed by atoms with Gasteiger partial charge in [0.1, 0.15) is 17.3 Å². The van der Waals surface area contributed by atoms with E-state index in [0.29, 0.717) is 0 Å². The van der Waals surface area contributed by atoms with E-state index in [9.17, 15) is 18.3 Å². The molecule has 1 heterocycles. The van der Waals surface area contributed by atoms with Crippen molar-refractivity contribution < 1.29 is 22.7 Å². The fourth-order valence-electron chi connectivity index (χ4n) is 2.76. The van der Waals surface area contributed by atoms with Crippen LogP contribution in [0.1, 0.15) is 42.6 Å². The summed E-state index contributed by atoms with van der Waals surface area (Å²) in [5, 5.41) is 12.7. The van der Waals surface area contributed by atoms with Crippen molar-refractivity contribution >= 4 is 21.4 Å². The number of amides is 1. The molecule has 2 aromatic carbocycles. The molecular formula is C22H23NO5S. The number of hydrogen-bond acceptors (Lipinski definition) is 5. The molecule has 0 spiro atoms. The van der Waals surface area contributed by atoms with Gasteiger partial charge in [-0.1, -0.05) is 45.0 Å². The molecule has 0 unspecified atom stereocenters. The van der Waals surface area contributed by atoms with E-state index >= 15 is 0 Å². The highest BCUT2D eigenvalue weighted by atomic mass is 32.2. The van der Waals surface area contributed by atoms with Crippen LogP contribution in [0.2, 0.25) is 0 Å². The average Bonchev–Trinajstić information content (AvgIpc) is 3.11. The highest BCUT2D eigenvalue weighted by Crippen LogP contribution is 2.31. The molecule has 1 amide bonds. The number of furan rings is 1. The van der Waals surface area contributed by atoms with Crippen molar-refractivity contribution in [2.45, 2.75) is 36.8 Å². The maximum atomic E-state index is 12.5. The van der Waals surface area contributed by atoms with Gasteiger partial charge in [-0.15, -0.1) is 0 Å². The van der Waals surface area contributed by atoms with Crippen molar-refractivity contribution in [3.05, 3.63) is 77.7 Å². The van der Waals surface area contributed by atoms with Crippen molar-refractivity contribution in [3.63, 3.8) is 0 Å². The van der Waals surface area contributed by atoms with Crippen LogP contribution in [0.5, 0.6) is 5.75 Å². The Hall–Kier alpha value is -3.06. The minimum absolute atomic E-state index is 0.0381. The minimum atomic E-state index is -3.58. The van der Waals surface area contributed by atoms with Crippen LogP contribution >= 0.6 is 0 Å². The summed E-state index contributed by atoms with van der Waals surface area (Å²) in [4.78, 5) is 12.7. The maximum absolute atomic E-state index is 12.5. The van der Waals surface area contributed by atoms with Gasteiger partial charge in [-0.05, 0) is 47.4 Å². The van der Waals surface area contributed by atoms with Crippen LogP contribution in [0.25, 0.3) is 0 Å². The smallest absolute Gasteiger partial charge is 0.291 e. The number of rotatable bonds is 5. The average molecular weight is 413 g/mol. The van der Waals surface area contributed by atoms with E-state index in [-0.39, 0.29) is 39.0 Å². The summed E-state index contributed by atoms with van der Waals surface area (Å²) >= 11 is 0. The van der Waals surface area contributed by atoms with Crippen LogP contribution in [-0.4, -0.2) is 19.4 Å². The Morgan fingerprint density at radius 1 is 1.03 bits per heavy atom. The molecule has 2 N–H and O–H groups in total. The molecule has 0 saturated heterocycles. The van der Waals surface area contributed by atoms with E-state index in [1.165, 1.54) is 30.3 Å². The first kappa shape index (κ1) is 20.7. The topological polar surface area (TPSA) is 96.6 Å². The van der Waals surface area contributed by atoms with Crippen molar-refractivity contribution in [3.8, 4) is 5.75 Å². The summed E-state index contributed by atoms with van der Waals surface area (Å²) in [6, 6.07) is 15.9. The van der Waals surface area contributed by atoms with E-state index in [2.05, 4.69) is 5.32 Å². The molecule has 3 aromatic rings. The number of hydrogen-bond donors (Lipinski definition) is 2. The standard InChI is InChI=1S/C22H23NO5S/c1-22(2,3)15-9-11-19(24)18(13-15)23-21(25)20-12-10-16(28-20)14-29(26,27)17-7-5-4-6-8-17/h4-13,24H,14H2,1-3H3,(H,23,25). The second kappa shape index (κ2) is 7.75. The molecule has 0 radical (unpaired) electrons. The van der Waals surface area contributed by atoms with E-state index < -0.39 is 15.7 Å². The molecule has 0 bridgehead atoms. The Morgan fingerprint density at radius 3 is 2.38 bits per heavy atom. The Balaban J connectivity index is 1.77. The summed E-state index contributed by atoms with van der Waals surface area (Å²) in [7, 11) is -3.58. The lowest BCUT2D eigenvalue weighted by Crippen LogP contribution is -2.14. The third-order valence-electron chi connectivity index (χ3n) is 4.43. The summed E-state index contributed by atoms with van der Waals surface area (Å²) < 4.78 is 30.3. The molecule has 7 heteroatoms. The molecule has 0 aliphatic rings. The molecule has 29 heavy (non-hydrogen) atoms. The fraction of sp³-hybridized carbons (Fsp3) is 0.227. The third-order valence-corrected chi connectivity index (χ3v) is 6.09. The highest BCUT2D eigenvalue weighted by Gasteiger charge is 2.21. The zero-order valence-corrected chi connectivity index (χ0v) is 17.3. The van der Waals surface area contributed by atoms with Crippen LogP contribution in [0.3, 0.4) is 0 Å². The number of anilines is 1. The van der Waals surface area contributed by atoms with Crippen molar-refractivity contribution in [1.29, 1.82) is 0 Å². The lowest BCUT2D eigenvalue weighted by Gasteiger charge is -2.20. The Labute approximate surface area is 170 Å². The summed E-state index contributed by atoms with van der Waals surface area (Å²) in [5.41, 5.74) is 1.05. The lowest BCUT2D eigenvalue weighted by atomic mass is 9.87. The van der Waals surface area contributed by atoms with Crippen LogP contribution < -0.4 is 5.32 Å². The van der Waals surface area contributed by atoms with Crippen molar-refractivity contribution in [2.75, 3.05) is 5.32 Å². The van der Waals surface area contributed by atoms with Gasteiger partial charge in [0, 0.05) is 0 Å². The zero-order valence-electron chi connectivity index (χ0n) is 16.5. The van der Waals surface area contributed by atoms with E-state index in [1.54, 1.807) is 30.3 Å². The monoisotopic (exact) mass is 413 g/mol. The highest BCUT2D eigenvalue weighted by molar-refractivity contribution is 7.90. The summed E-state index contributed by atoms with van der Waals surface area (Å²) in [6.45, 7) is 6.07. The zero-order chi connectivity index (χ0) is 21.2. The Kier molecular flexibility index (Phi) is 5.53. The molecule has 1 aromatic heterocycles. The molecule has 0 saturated carbocycles. The number of carbonyl (C=O) groups excluding carboxylic acids is 1. The first-order valence-electron chi connectivity index (χ1n) is 9.08. The first-order valence-corrected chi connectivity index (χ1v) is 10.7. The van der Waals surface area contributed by atoms with Gasteiger partial charge in [0.15, 0.2) is 15.6 Å². The van der Waals surface area contributed by atoms with Gasteiger partial charge in [-0.3, -0.25) is 4.79 Å². The fourth-order valence-corrected chi connectivity index (χ4v) is 4.03. The lowest BCUT2D eigenvalue weighted by molar-refractivity contribution is 0.0994. The number of carbonyl (C=O) groups is 1. The van der Waals surface area contributed by atoms with Crippen molar-refractivity contribution in [2.24, 2.45) is 0 Å². The summed E-state index contributed by atoms with van der Waals surface area (Å²) in [6.07, 6.45) is 0. The molecule has 0 aliphatic carbocycles. The second-order valence-corrected chi connectivity index (χ2v) is 9.76. The second-order valence-electron chi connectivity index (χ2n) is 7.77. The molecule has 0 aliphatic heterocycles. The van der Waals surface area contributed by atoms with Gasteiger partial charge in [-0.25, -0.2) is 8.42 Å². The maximum Gasteiger partial charge on any atom is 0.291 e. The normalized spacial score (nSPS) is 12.0. The van der Waals surface area contributed by atoms with E-state index in [0.717, 1.165) is 5.56 Å². The van der Waals surface area contributed by atoms with Crippen LogP contribution in [0, 0.1) is 0 Å². The van der Waals surface area contributed by atoms with Crippen molar-refractivity contribution in [1.82, 2.24) is 0 Å². The molecule has 0 fully saturated rings. The number of sulfone groups is 1. The van der Waals surface area contributed by atoms with E-state index in [1.807, 2.05) is 20.8 Å². The number of benzene rings is 2.